The van der Waals surface area contributed by atoms with E-state index in [4.69, 9.17) is 4.74 Å². The Bertz CT molecular complexity index is 122. The molecule has 0 unspecified atom stereocenters. The minimum absolute atomic E-state index is 0.413. The van der Waals surface area contributed by atoms with Gasteiger partial charge in [0.1, 0.15) is 0 Å². The lowest BCUT2D eigenvalue weighted by atomic mass is 9.87. The number of ether oxygens (including phenoxy) is 1. The van der Waals surface area contributed by atoms with E-state index in [9.17, 15) is 0 Å². The number of hydrogen-bond acceptors (Lipinski definition) is 3. The van der Waals surface area contributed by atoms with Crippen LogP contribution in [0.1, 0.15) is 6.42 Å². The molecule has 2 N–H and O–H groups in total. The highest BCUT2D eigenvalue weighted by atomic mass is 16.5. The van der Waals surface area contributed by atoms with Crippen molar-refractivity contribution in [3.05, 3.63) is 0 Å². The van der Waals surface area contributed by atoms with Crippen molar-refractivity contribution in [1.82, 2.24) is 10.6 Å². The Morgan fingerprint density at radius 1 is 1.09 bits per heavy atom. The quantitative estimate of drug-likeness (QED) is 0.500. The van der Waals surface area contributed by atoms with Gasteiger partial charge in [-0.3, -0.25) is 0 Å². The van der Waals surface area contributed by atoms with Crippen molar-refractivity contribution in [2.24, 2.45) is 5.41 Å². The third-order valence-electron chi connectivity index (χ3n) is 2.66. The average molecular weight is 156 g/mol. The van der Waals surface area contributed by atoms with Gasteiger partial charge in [-0.15, -0.1) is 0 Å². The van der Waals surface area contributed by atoms with Crippen LogP contribution in [0.3, 0.4) is 0 Å². The molecule has 0 aromatic rings. The third-order valence-corrected chi connectivity index (χ3v) is 2.66. The van der Waals surface area contributed by atoms with Gasteiger partial charge in [0, 0.05) is 38.2 Å². The van der Waals surface area contributed by atoms with Crippen LogP contribution in [0.2, 0.25) is 0 Å². The molecule has 0 amide bonds. The van der Waals surface area contributed by atoms with Crippen molar-refractivity contribution in [2.45, 2.75) is 6.42 Å². The Hall–Kier alpha value is -0.120. The Balaban J connectivity index is 1.97. The smallest absolute Gasteiger partial charge is 0.0547 e. The van der Waals surface area contributed by atoms with Gasteiger partial charge in [-0.2, -0.15) is 0 Å². The highest BCUT2D eigenvalue weighted by molar-refractivity contribution is 4.89. The van der Waals surface area contributed by atoms with E-state index in [1.54, 1.807) is 0 Å². The van der Waals surface area contributed by atoms with Crippen molar-refractivity contribution in [2.75, 3.05) is 39.4 Å². The Labute approximate surface area is 67.5 Å². The first kappa shape index (κ1) is 7.53. The molecule has 0 aromatic carbocycles. The van der Waals surface area contributed by atoms with Crippen molar-refractivity contribution < 1.29 is 4.74 Å². The van der Waals surface area contributed by atoms with Gasteiger partial charge >= 0.3 is 0 Å². The van der Waals surface area contributed by atoms with E-state index < -0.39 is 0 Å². The topological polar surface area (TPSA) is 33.3 Å². The first-order valence-electron chi connectivity index (χ1n) is 4.41. The lowest BCUT2D eigenvalue weighted by molar-refractivity contribution is 0.153. The molecule has 2 heterocycles. The summed E-state index contributed by atoms with van der Waals surface area (Å²) in [6, 6.07) is 0. The summed E-state index contributed by atoms with van der Waals surface area (Å²) in [4.78, 5) is 0. The fourth-order valence-electron chi connectivity index (χ4n) is 1.87. The lowest BCUT2D eigenvalue weighted by Gasteiger charge is -2.24. The summed E-state index contributed by atoms with van der Waals surface area (Å²) in [6.45, 7) is 6.33. The molecule has 1 spiro atoms. The van der Waals surface area contributed by atoms with Gasteiger partial charge in [0.15, 0.2) is 0 Å². The second-order valence-corrected chi connectivity index (χ2v) is 3.66. The van der Waals surface area contributed by atoms with Gasteiger partial charge in [0.2, 0.25) is 0 Å². The molecule has 2 rings (SSSR count). The van der Waals surface area contributed by atoms with Crippen LogP contribution in [-0.2, 0) is 4.74 Å². The summed E-state index contributed by atoms with van der Waals surface area (Å²) in [6.07, 6.45) is 1.22. The molecule has 3 heteroatoms. The minimum Gasteiger partial charge on any atom is -0.381 e. The molecule has 0 aliphatic carbocycles. The normalized spacial score (nSPS) is 30.5. The van der Waals surface area contributed by atoms with Crippen LogP contribution < -0.4 is 10.6 Å². The second kappa shape index (κ2) is 3.09. The second-order valence-electron chi connectivity index (χ2n) is 3.66. The monoisotopic (exact) mass is 156 g/mol. The maximum Gasteiger partial charge on any atom is 0.0547 e. The summed E-state index contributed by atoms with van der Waals surface area (Å²) >= 11 is 0. The van der Waals surface area contributed by atoms with Crippen LogP contribution in [0, 0.1) is 5.41 Å². The maximum absolute atomic E-state index is 5.41. The van der Waals surface area contributed by atoms with Gasteiger partial charge in [-0.25, -0.2) is 0 Å². The fourth-order valence-corrected chi connectivity index (χ4v) is 1.87. The zero-order valence-electron chi connectivity index (χ0n) is 6.86. The molecule has 0 saturated carbocycles. The SMILES string of the molecule is C1CNCC2(CCOC2)CN1. The van der Waals surface area contributed by atoms with Crippen LogP contribution in [0.5, 0.6) is 0 Å². The van der Waals surface area contributed by atoms with Crippen molar-refractivity contribution >= 4 is 0 Å². The Morgan fingerprint density at radius 2 is 1.82 bits per heavy atom. The summed E-state index contributed by atoms with van der Waals surface area (Å²) in [7, 11) is 0. The summed E-state index contributed by atoms with van der Waals surface area (Å²) in [5, 5.41) is 6.88. The molecule has 0 aromatic heterocycles. The van der Waals surface area contributed by atoms with Crippen LogP contribution in [0.25, 0.3) is 0 Å². The number of rotatable bonds is 0. The lowest BCUT2D eigenvalue weighted by Crippen LogP contribution is -2.38. The molecule has 11 heavy (non-hydrogen) atoms. The largest absolute Gasteiger partial charge is 0.381 e. The van der Waals surface area contributed by atoms with Crippen LogP contribution in [0.4, 0.5) is 0 Å². The van der Waals surface area contributed by atoms with E-state index >= 15 is 0 Å². The van der Waals surface area contributed by atoms with Crippen molar-refractivity contribution in [1.29, 1.82) is 0 Å². The molecule has 2 aliphatic heterocycles. The maximum atomic E-state index is 5.41. The summed E-state index contributed by atoms with van der Waals surface area (Å²) in [5.41, 5.74) is 0.413. The van der Waals surface area contributed by atoms with Crippen LogP contribution >= 0.6 is 0 Å². The zero-order valence-corrected chi connectivity index (χ0v) is 6.86. The molecule has 3 nitrogen and oxygen atoms in total. The van der Waals surface area contributed by atoms with E-state index in [-0.39, 0.29) is 0 Å². The van der Waals surface area contributed by atoms with E-state index in [0.29, 0.717) is 5.41 Å². The van der Waals surface area contributed by atoms with Gasteiger partial charge in [0.05, 0.1) is 6.61 Å². The first-order chi connectivity index (χ1) is 5.41. The standard InChI is InChI=1S/C8H16N2O/c1-4-11-7-8(1)5-9-2-3-10-6-8/h9-10H,1-7H2. The fraction of sp³-hybridized carbons (Fsp3) is 1.00. The zero-order chi connectivity index (χ0) is 7.57. The Kier molecular flexibility index (Phi) is 2.11. The van der Waals surface area contributed by atoms with E-state index in [0.717, 1.165) is 39.4 Å². The molecule has 2 aliphatic rings. The molecule has 0 atom stereocenters. The predicted molar refractivity (Wildman–Crippen MR) is 43.6 cm³/mol. The van der Waals surface area contributed by atoms with Crippen LogP contribution in [0.15, 0.2) is 0 Å². The number of nitrogens with one attached hydrogen (secondary N) is 2. The summed E-state index contributed by atoms with van der Waals surface area (Å²) < 4.78 is 5.41. The van der Waals surface area contributed by atoms with E-state index in [2.05, 4.69) is 10.6 Å². The third kappa shape index (κ3) is 1.55. The Morgan fingerprint density at radius 3 is 2.36 bits per heavy atom. The summed E-state index contributed by atoms with van der Waals surface area (Å²) in [5.74, 6) is 0. The van der Waals surface area contributed by atoms with Gasteiger partial charge in [0.25, 0.3) is 0 Å². The predicted octanol–water partition coefficient (Wildman–Crippen LogP) is -0.414. The van der Waals surface area contributed by atoms with Crippen LogP contribution in [-0.4, -0.2) is 39.4 Å². The van der Waals surface area contributed by atoms with E-state index in [1.165, 1.54) is 6.42 Å². The molecule has 2 saturated heterocycles. The van der Waals surface area contributed by atoms with Gasteiger partial charge in [-0.05, 0) is 6.42 Å². The van der Waals surface area contributed by atoms with Gasteiger partial charge in [-0.1, -0.05) is 0 Å². The van der Waals surface area contributed by atoms with E-state index in [1.807, 2.05) is 0 Å². The molecule has 64 valence electrons. The molecule has 0 radical (unpaired) electrons. The molecular formula is C8H16N2O. The minimum atomic E-state index is 0.413. The van der Waals surface area contributed by atoms with Crippen molar-refractivity contribution in [3.8, 4) is 0 Å². The van der Waals surface area contributed by atoms with Gasteiger partial charge < -0.3 is 15.4 Å². The highest BCUT2D eigenvalue weighted by Gasteiger charge is 2.34. The number of hydrogen-bond donors (Lipinski definition) is 2. The highest BCUT2D eigenvalue weighted by Crippen LogP contribution is 2.27. The molecule has 0 bridgehead atoms. The molecular weight excluding hydrogens is 140 g/mol. The molecule has 2 fully saturated rings. The van der Waals surface area contributed by atoms with Crippen molar-refractivity contribution in [3.63, 3.8) is 0 Å². The first-order valence-corrected chi connectivity index (χ1v) is 4.41. The average Bonchev–Trinajstić information content (AvgIpc) is 2.32.